The van der Waals surface area contributed by atoms with Gasteiger partial charge in [0.2, 0.25) is 0 Å². The molecule has 0 fully saturated rings. The first-order valence-corrected chi connectivity index (χ1v) is 6.46. The molecule has 0 aliphatic rings. The van der Waals surface area contributed by atoms with Crippen molar-refractivity contribution in [1.82, 2.24) is 9.80 Å². The van der Waals surface area contributed by atoms with Gasteiger partial charge >= 0.3 is 0 Å². The Morgan fingerprint density at radius 3 is 2.53 bits per heavy atom. The predicted molar refractivity (Wildman–Crippen MR) is 71.1 cm³/mol. The van der Waals surface area contributed by atoms with E-state index in [0.717, 1.165) is 6.54 Å². The van der Waals surface area contributed by atoms with Crippen molar-refractivity contribution in [2.75, 3.05) is 27.2 Å². The minimum absolute atomic E-state index is 0.0625. The van der Waals surface area contributed by atoms with Crippen LogP contribution in [0.1, 0.15) is 24.4 Å². The monoisotopic (exact) mass is 302 g/mol. The van der Waals surface area contributed by atoms with Gasteiger partial charge in [0.05, 0.1) is 0 Å². The van der Waals surface area contributed by atoms with Gasteiger partial charge in [0.15, 0.2) is 10.4 Å². The molecular weight excluding hydrogens is 284 g/mol. The van der Waals surface area contributed by atoms with E-state index in [1.807, 2.05) is 32.8 Å². The lowest BCUT2D eigenvalue weighted by atomic mass is 10.2. The summed E-state index contributed by atoms with van der Waals surface area (Å²) in [6, 6.07) is 3.58. The highest BCUT2D eigenvalue weighted by atomic mass is 79.9. The first-order valence-electron chi connectivity index (χ1n) is 5.66. The molecule has 0 N–H and O–H groups in total. The molecule has 0 radical (unpaired) electrons. The zero-order valence-electron chi connectivity index (χ0n) is 10.7. The summed E-state index contributed by atoms with van der Waals surface area (Å²) in [5.74, 6) is 0.317. The number of halogens is 1. The van der Waals surface area contributed by atoms with Crippen LogP contribution in [0.4, 0.5) is 0 Å². The van der Waals surface area contributed by atoms with Gasteiger partial charge in [0.1, 0.15) is 0 Å². The van der Waals surface area contributed by atoms with Crippen molar-refractivity contribution >= 4 is 21.8 Å². The highest BCUT2D eigenvalue weighted by Crippen LogP contribution is 2.17. The third kappa shape index (κ3) is 3.85. The molecule has 17 heavy (non-hydrogen) atoms. The van der Waals surface area contributed by atoms with Gasteiger partial charge in [0, 0.05) is 19.1 Å². The summed E-state index contributed by atoms with van der Waals surface area (Å²) < 4.78 is 5.88. The quantitative estimate of drug-likeness (QED) is 0.838. The molecule has 0 bridgehead atoms. The van der Waals surface area contributed by atoms with Crippen LogP contribution in [0.5, 0.6) is 0 Å². The minimum atomic E-state index is -0.0625. The molecule has 0 aliphatic heterocycles. The summed E-state index contributed by atoms with van der Waals surface area (Å²) in [6.07, 6.45) is 0. The minimum Gasteiger partial charge on any atom is -0.444 e. The molecule has 0 aliphatic carbocycles. The number of likely N-dealkylation sites (N-methyl/N-ethyl adjacent to an activating group) is 2. The number of hydrogen-bond donors (Lipinski definition) is 0. The van der Waals surface area contributed by atoms with E-state index in [-0.39, 0.29) is 11.9 Å². The lowest BCUT2D eigenvalue weighted by Crippen LogP contribution is -2.43. The van der Waals surface area contributed by atoms with Crippen LogP contribution in [0.2, 0.25) is 0 Å². The van der Waals surface area contributed by atoms with E-state index in [9.17, 15) is 4.79 Å². The van der Waals surface area contributed by atoms with Gasteiger partial charge in [-0.3, -0.25) is 4.79 Å². The maximum Gasteiger partial charge on any atom is 0.289 e. The molecule has 0 spiro atoms. The predicted octanol–water partition coefficient (Wildman–Crippen LogP) is 2.45. The molecule has 1 amide bonds. The van der Waals surface area contributed by atoms with Crippen molar-refractivity contribution in [2.45, 2.75) is 19.9 Å². The van der Waals surface area contributed by atoms with E-state index < -0.39 is 0 Å². The van der Waals surface area contributed by atoms with Crippen LogP contribution < -0.4 is 0 Å². The number of nitrogens with zero attached hydrogens (tertiary/aromatic N) is 2. The standard InChI is InChI=1S/C12H19BrN2O2/c1-5-15(9(2)8-14(3)4)12(16)10-6-7-11(13)17-10/h6-7,9H,5,8H2,1-4H3. The Balaban J connectivity index is 2.76. The van der Waals surface area contributed by atoms with E-state index in [4.69, 9.17) is 4.42 Å². The van der Waals surface area contributed by atoms with E-state index in [2.05, 4.69) is 20.8 Å². The average molecular weight is 303 g/mol. The highest BCUT2D eigenvalue weighted by Gasteiger charge is 2.22. The third-order valence-electron chi connectivity index (χ3n) is 2.55. The Morgan fingerprint density at radius 1 is 1.47 bits per heavy atom. The fraction of sp³-hybridized carbons (Fsp3) is 0.583. The lowest BCUT2D eigenvalue weighted by molar-refractivity contribution is 0.0645. The van der Waals surface area contributed by atoms with Crippen LogP contribution in [0.15, 0.2) is 21.2 Å². The Labute approximate surface area is 111 Å². The largest absolute Gasteiger partial charge is 0.444 e. The van der Waals surface area contributed by atoms with Crippen LogP contribution in [0, 0.1) is 0 Å². The number of rotatable bonds is 5. The first-order chi connectivity index (χ1) is 7.95. The molecule has 1 heterocycles. The summed E-state index contributed by atoms with van der Waals surface area (Å²) in [6.45, 7) is 5.52. The SMILES string of the molecule is CCN(C(=O)c1ccc(Br)o1)C(C)CN(C)C. The average Bonchev–Trinajstić information content (AvgIpc) is 2.64. The molecule has 1 unspecified atom stereocenters. The van der Waals surface area contributed by atoms with Crippen molar-refractivity contribution in [2.24, 2.45) is 0 Å². The van der Waals surface area contributed by atoms with Gasteiger partial charge in [0.25, 0.3) is 5.91 Å². The summed E-state index contributed by atoms with van der Waals surface area (Å²) in [7, 11) is 4.00. The van der Waals surface area contributed by atoms with Crippen molar-refractivity contribution < 1.29 is 9.21 Å². The van der Waals surface area contributed by atoms with Crippen LogP contribution >= 0.6 is 15.9 Å². The molecule has 96 valence electrons. The normalized spacial score (nSPS) is 12.8. The summed E-state index contributed by atoms with van der Waals surface area (Å²) in [4.78, 5) is 16.1. The molecule has 5 heteroatoms. The number of furan rings is 1. The van der Waals surface area contributed by atoms with Gasteiger partial charge in [-0.1, -0.05) is 0 Å². The molecule has 0 saturated carbocycles. The fourth-order valence-electron chi connectivity index (χ4n) is 1.85. The van der Waals surface area contributed by atoms with Crippen LogP contribution in [-0.2, 0) is 0 Å². The van der Waals surface area contributed by atoms with Gasteiger partial charge in [-0.2, -0.15) is 0 Å². The molecule has 1 aromatic rings. The molecule has 1 aromatic heterocycles. The molecular formula is C12H19BrN2O2. The van der Waals surface area contributed by atoms with Gasteiger partial charge in [-0.25, -0.2) is 0 Å². The summed E-state index contributed by atoms with van der Waals surface area (Å²) in [5.41, 5.74) is 0. The van der Waals surface area contributed by atoms with Crippen molar-refractivity contribution in [3.05, 3.63) is 22.6 Å². The van der Waals surface area contributed by atoms with E-state index >= 15 is 0 Å². The molecule has 1 rings (SSSR count). The number of amides is 1. The highest BCUT2D eigenvalue weighted by molar-refractivity contribution is 9.10. The second-order valence-electron chi connectivity index (χ2n) is 4.31. The number of hydrogen-bond acceptors (Lipinski definition) is 3. The van der Waals surface area contributed by atoms with Crippen molar-refractivity contribution in [3.8, 4) is 0 Å². The number of carbonyl (C=O) groups is 1. The Bertz CT molecular complexity index is 376. The Kier molecular flexibility index (Phi) is 5.21. The summed E-state index contributed by atoms with van der Waals surface area (Å²) in [5, 5.41) is 0. The zero-order valence-corrected chi connectivity index (χ0v) is 12.3. The topological polar surface area (TPSA) is 36.7 Å². The van der Waals surface area contributed by atoms with Crippen molar-refractivity contribution in [1.29, 1.82) is 0 Å². The molecule has 0 aromatic carbocycles. The molecule has 0 saturated heterocycles. The first kappa shape index (κ1) is 14.3. The van der Waals surface area contributed by atoms with Crippen LogP contribution in [0.25, 0.3) is 0 Å². The van der Waals surface area contributed by atoms with Gasteiger partial charge in [-0.05, 0) is 56.0 Å². The van der Waals surface area contributed by atoms with E-state index in [0.29, 0.717) is 17.0 Å². The lowest BCUT2D eigenvalue weighted by Gasteiger charge is -2.29. The van der Waals surface area contributed by atoms with Crippen LogP contribution in [0.3, 0.4) is 0 Å². The Hall–Kier alpha value is -0.810. The molecule has 1 atom stereocenters. The second kappa shape index (κ2) is 6.21. The maximum atomic E-state index is 12.2. The Morgan fingerprint density at radius 2 is 2.12 bits per heavy atom. The second-order valence-corrected chi connectivity index (χ2v) is 5.09. The fourth-order valence-corrected chi connectivity index (χ4v) is 2.16. The van der Waals surface area contributed by atoms with Crippen molar-refractivity contribution in [3.63, 3.8) is 0 Å². The third-order valence-corrected chi connectivity index (χ3v) is 2.97. The number of carbonyl (C=O) groups excluding carboxylic acids is 1. The van der Waals surface area contributed by atoms with Crippen LogP contribution in [-0.4, -0.2) is 48.9 Å². The van der Waals surface area contributed by atoms with E-state index in [1.165, 1.54) is 0 Å². The van der Waals surface area contributed by atoms with E-state index in [1.54, 1.807) is 12.1 Å². The van der Waals surface area contributed by atoms with Gasteiger partial charge in [-0.15, -0.1) is 0 Å². The zero-order chi connectivity index (χ0) is 13.0. The summed E-state index contributed by atoms with van der Waals surface area (Å²) >= 11 is 3.20. The molecule has 4 nitrogen and oxygen atoms in total. The maximum absolute atomic E-state index is 12.2. The van der Waals surface area contributed by atoms with Gasteiger partial charge < -0.3 is 14.2 Å². The smallest absolute Gasteiger partial charge is 0.289 e.